The van der Waals surface area contributed by atoms with Gasteiger partial charge in [0.25, 0.3) is 0 Å². The number of esters is 2. The van der Waals surface area contributed by atoms with Gasteiger partial charge in [0.05, 0.1) is 24.0 Å². The average molecular weight is 453 g/mol. The normalized spacial score (nSPS) is 10.8. The fourth-order valence-electron chi connectivity index (χ4n) is 3.12. The van der Waals surface area contributed by atoms with Crippen LogP contribution >= 0.6 is 0 Å². The lowest BCUT2D eigenvalue weighted by Gasteiger charge is -2.26. The number of allylic oxidation sites excluding steroid dienone is 1. The number of hydrogen-bond donors (Lipinski definition) is 0. The largest absolute Gasteiger partial charge is 0.468 e. The molecule has 0 aliphatic carbocycles. The molecule has 0 heterocycles. The molecule has 0 radical (unpaired) electrons. The van der Waals surface area contributed by atoms with Crippen molar-refractivity contribution in [1.82, 2.24) is 0 Å². The van der Waals surface area contributed by atoms with Gasteiger partial charge < -0.3 is 9.47 Å². The zero-order chi connectivity index (χ0) is 23.6. The van der Waals surface area contributed by atoms with Crippen LogP contribution in [0.1, 0.15) is 24.8 Å². The molecule has 2 aromatic carbocycles. The zero-order valence-electron chi connectivity index (χ0n) is 18.0. The summed E-state index contributed by atoms with van der Waals surface area (Å²) in [6.45, 7) is 3.48. The molecule has 0 fully saturated rings. The molecule has 0 N–H and O–H groups in total. The van der Waals surface area contributed by atoms with Crippen LogP contribution in [0.25, 0.3) is 0 Å². The molecule has 166 valence electrons. The van der Waals surface area contributed by atoms with E-state index in [9.17, 15) is 18.0 Å². The van der Waals surface area contributed by atoms with Crippen molar-refractivity contribution >= 4 is 21.8 Å². The van der Waals surface area contributed by atoms with Gasteiger partial charge in [-0.25, -0.2) is 8.42 Å². The van der Waals surface area contributed by atoms with Crippen LogP contribution < -0.4 is 0 Å². The molecule has 0 spiro atoms. The Balaban J connectivity index is 2.39. The van der Waals surface area contributed by atoms with E-state index in [1.54, 1.807) is 30.3 Å². The number of carbonyl (C=O) groups is 2. The SMILES string of the molecule is C=C=C(CCC(CC#Cc1ccccc1)(C(=O)OC)C(=O)OC)S(=O)(=O)c1ccccc1. The minimum absolute atomic E-state index is 0.0664. The topological polar surface area (TPSA) is 86.7 Å². The summed E-state index contributed by atoms with van der Waals surface area (Å²) >= 11 is 0. The zero-order valence-corrected chi connectivity index (χ0v) is 18.8. The summed E-state index contributed by atoms with van der Waals surface area (Å²) in [6, 6.07) is 16.8. The molecule has 2 rings (SSSR count). The van der Waals surface area contributed by atoms with E-state index in [0.29, 0.717) is 5.56 Å². The second-order valence-corrected chi connectivity index (χ2v) is 8.80. The molecule has 0 bridgehead atoms. The summed E-state index contributed by atoms with van der Waals surface area (Å²) in [4.78, 5) is 25.3. The van der Waals surface area contributed by atoms with E-state index >= 15 is 0 Å². The van der Waals surface area contributed by atoms with Crippen molar-refractivity contribution in [3.05, 3.63) is 83.4 Å². The summed E-state index contributed by atoms with van der Waals surface area (Å²) < 4.78 is 35.7. The fraction of sp³-hybridized carbons (Fsp3) is 0.240. The molecule has 2 aromatic rings. The van der Waals surface area contributed by atoms with Gasteiger partial charge in [-0.1, -0.05) is 54.8 Å². The van der Waals surface area contributed by atoms with Gasteiger partial charge in [0.2, 0.25) is 9.84 Å². The Morgan fingerprint density at radius 3 is 1.97 bits per heavy atom. The van der Waals surface area contributed by atoms with Crippen LogP contribution in [0.4, 0.5) is 0 Å². The Morgan fingerprint density at radius 1 is 0.938 bits per heavy atom. The minimum atomic E-state index is -3.90. The van der Waals surface area contributed by atoms with Crippen molar-refractivity contribution in [2.24, 2.45) is 5.41 Å². The van der Waals surface area contributed by atoms with Crippen LogP contribution in [0, 0.1) is 17.3 Å². The van der Waals surface area contributed by atoms with E-state index in [1.165, 1.54) is 12.1 Å². The van der Waals surface area contributed by atoms with Gasteiger partial charge in [0.15, 0.2) is 5.41 Å². The third-order valence-electron chi connectivity index (χ3n) is 4.90. The van der Waals surface area contributed by atoms with Gasteiger partial charge in [-0.2, -0.15) is 0 Å². The molecule has 0 saturated heterocycles. The van der Waals surface area contributed by atoms with Crippen LogP contribution in [-0.4, -0.2) is 34.6 Å². The predicted molar refractivity (Wildman–Crippen MR) is 120 cm³/mol. The number of hydrogen-bond acceptors (Lipinski definition) is 6. The van der Waals surface area contributed by atoms with E-state index in [1.807, 2.05) is 18.2 Å². The highest BCUT2D eigenvalue weighted by Gasteiger charge is 2.48. The smallest absolute Gasteiger partial charge is 0.324 e. The summed E-state index contributed by atoms with van der Waals surface area (Å²) in [6.07, 6.45) is -0.602. The highest BCUT2D eigenvalue weighted by Crippen LogP contribution is 2.35. The van der Waals surface area contributed by atoms with E-state index < -0.39 is 27.2 Å². The molecule has 0 aromatic heterocycles. The molecule has 0 aliphatic heterocycles. The molecule has 0 aliphatic rings. The maximum Gasteiger partial charge on any atom is 0.324 e. The lowest BCUT2D eigenvalue weighted by Crippen LogP contribution is -2.41. The fourth-order valence-corrected chi connectivity index (χ4v) is 4.48. The number of sulfone groups is 1. The Labute approximate surface area is 188 Å². The number of ether oxygens (including phenoxy) is 2. The first-order valence-corrected chi connectivity index (χ1v) is 11.2. The Morgan fingerprint density at radius 2 is 1.47 bits per heavy atom. The monoisotopic (exact) mass is 452 g/mol. The van der Waals surface area contributed by atoms with E-state index in [2.05, 4.69) is 24.2 Å². The lowest BCUT2D eigenvalue weighted by molar-refractivity contribution is -0.169. The van der Waals surface area contributed by atoms with E-state index in [4.69, 9.17) is 9.47 Å². The molecule has 7 heteroatoms. The van der Waals surface area contributed by atoms with Gasteiger partial charge >= 0.3 is 11.9 Å². The van der Waals surface area contributed by atoms with Crippen molar-refractivity contribution in [1.29, 1.82) is 0 Å². The highest BCUT2D eigenvalue weighted by atomic mass is 32.2. The Kier molecular flexibility index (Phi) is 8.60. The summed E-state index contributed by atoms with van der Waals surface area (Å²) in [5.74, 6) is 4.03. The number of carbonyl (C=O) groups excluding carboxylic acids is 2. The first kappa shape index (κ1) is 24.7. The second-order valence-electron chi connectivity index (χ2n) is 6.83. The third-order valence-corrected chi connectivity index (χ3v) is 6.79. The molecular weight excluding hydrogens is 428 g/mol. The molecular formula is C25H24O6S. The van der Waals surface area contributed by atoms with Gasteiger partial charge in [-0.15, -0.1) is 5.73 Å². The molecule has 0 saturated carbocycles. The second kappa shape index (κ2) is 11.1. The van der Waals surface area contributed by atoms with Gasteiger partial charge in [0, 0.05) is 12.0 Å². The Hall–Kier alpha value is -3.59. The van der Waals surface area contributed by atoms with Crippen molar-refractivity contribution < 1.29 is 27.5 Å². The van der Waals surface area contributed by atoms with Crippen LogP contribution in [-0.2, 0) is 28.9 Å². The quantitative estimate of drug-likeness (QED) is 0.263. The van der Waals surface area contributed by atoms with Crippen molar-refractivity contribution in [3.63, 3.8) is 0 Å². The first-order chi connectivity index (χ1) is 15.3. The van der Waals surface area contributed by atoms with Crippen LogP contribution in [0.5, 0.6) is 0 Å². The maximum atomic E-state index is 13.0. The van der Waals surface area contributed by atoms with Crippen LogP contribution in [0.2, 0.25) is 0 Å². The number of rotatable bonds is 8. The average Bonchev–Trinajstić information content (AvgIpc) is 2.83. The molecule has 0 unspecified atom stereocenters. The summed E-state index contributed by atoms with van der Waals surface area (Å²) in [5, 5.41) is 0. The third kappa shape index (κ3) is 5.55. The lowest BCUT2D eigenvalue weighted by atomic mass is 9.80. The molecule has 32 heavy (non-hydrogen) atoms. The minimum Gasteiger partial charge on any atom is -0.468 e. The summed E-state index contributed by atoms with van der Waals surface area (Å²) in [7, 11) is -1.60. The maximum absolute atomic E-state index is 13.0. The van der Waals surface area contributed by atoms with Gasteiger partial charge in [0.1, 0.15) is 0 Å². The highest BCUT2D eigenvalue weighted by molar-refractivity contribution is 7.95. The van der Waals surface area contributed by atoms with Crippen molar-refractivity contribution in [2.75, 3.05) is 14.2 Å². The van der Waals surface area contributed by atoms with Gasteiger partial charge in [-0.05, 0) is 37.1 Å². The van der Waals surface area contributed by atoms with Crippen molar-refractivity contribution in [2.45, 2.75) is 24.2 Å². The van der Waals surface area contributed by atoms with Crippen LogP contribution in [0.3, 0.4) is 0 Å². The first-order valence-electron chi connectivity index (χ1n) is 9.71. The standard InChI is InChI=1S/C25H24O6S/c1-4-21(32(28,29)22-15-9-6-10-16-22)17-19-25(23(26)30-2,24(27)31-3)18-11-14-20-12-7-5-8-13-20/h5-10,12-13,15-16H,1,17-19H2,2-3H3. The summed E-state index contributed by atoms with van der Waals surface area (Å²) in [5.41, 5.74) is 1.34. The number of benzene rings is 2. The molecule has 0 amide bonds. The van der Waals surface area contributed by atoms with E-state index in [0.717, 1.165) is 14.2 Å². The van der Waals surface area contributed by atoms with Crippen LogP contribution in [0.15, 0.2) is 82.8 Å². The Bertz CT molecular complexity index is 1150. The molecule has 6 nitrogen and oxygen atoms in total. The number of methoxy groups -OCH3 is 2. The molecule has 0 atom stereocenters. The van der Waals surface area contributed by atoms with E-state index in [-0.39, 0.29) is 29.1 Å². The van der Waals surface area contributed by atoms with Gasteiger partial charge in [-0.3, -0.25) is 9.59 Å². The van der Waals surface area contributed by atoms with Crippen molar-refractivity contribution in [3.8, 4) is 11.8 Å². The predicted octanol–water partition coefficient (Wildman–Crippen LogP) is 3.68.